The molecule has 0 radical (unpaired) electrons. The van der Waals surface area contributed by atoms with Gasteiger partial charge >= 0.3 is 0 Å². The standard InChI is InChI=1S/C8H8NO.2CH3.Pd/c1-7(10)9-8-5-3-2-4-6-8;;;/h2-5H,1H3,(H,9,10);2*1H3;/q3*-1;. The molecule has 0 bridgehead atoms. The quantitative estimate of drug-likeness (QED) is 0.616. The first-order valence-corrected chi connectivity index (χ1v) is 3.03. The van der Waals surface area contributed by atoms with Crippen molar-refractivity contribution in [3.63, 3.8) is 0 Å². The summed E-state index contributed by atoms with van der Waals surface area (Å²) in [5, 5.41) is 2.61. The van der Waals surface area contributed by atoms with Gasteiger partial charge in [-0.3, -0.25) is 4.79 Å². The van der Waals surface area contributed by atoms with Gasteiger partial charge in [0.1, 0.15) is 0 Å². The minimum atomic E-state index is -0.0672. The molecular weight excluding hydrogens is 257 g/mol. The van der Waals surface area contributed by atoms with Crippen molar-refractivity contribution in [2.75, 3.05) is 5.32 Å². The van der Waals surface area contributed by atoms with Crippen molar-refractivity contribution in [2.45, 2.75) is 6.92 Å². The number of amides is 1. The van der Waals surface area contributed by atoms with E-state index < -0.39 is 0 Å². The molecule has 13 heavy (non-hydrogen) atoms. The summed E-state index contributed by atoms with van der Waals surface area (Å²) < 4.78 is 0. The number of carbonyl (C=O) groups is 1. The zero-order valence-electron chi connectivity index (χ0n) is 8.03. The molecule has 0 aliphatic carbocycles. The van der Waals surface area contributed by atoms with Crippen LogP contribution in [0.5, 0.6) is 0 Å². The van der Waals surface area contributed by atoms with Gasteiger partial charge in [-0.15, -0.1) is 6.07 Å². The summed E-state index contributed by atoms with van der Waals surface area (Å²) >= 11 is 0. The molecule has 1 aromatic carbocycles. The topological polar surface area (TPSA) is 29.1 Å². The van der Waals surface area contributed by atoms with Gasteiger partial charge in [0.25, 0.3) is 0 Å². The van der Waals surface area contributed by atoms with Gasteiger partial charge in [0, 0.05) is 27.3 Å². The maximum absolute atomic E-state index is 10.5. The molecule has 0 saturated carbocycles. The molecule has 1 rings (SSSR count). The molecule has 0 fully saturated rings. The Balaban J connectivity index is -0.000000333. The molecule has 3 heteroatoms. The van der Waals surface area contributed by atoms with Gasteiger partial charge in [0.05, 0.1) is 0 Å². The fraction of sp³-hybridized carbons (Fsp3) is 0.100. The van der Waals surface area contributed by atoms with E-state index in [1.54, 1.807) is 12.1 Å². The van der Waals surface area contributed by atoms with E-state index >= 15 is 0 Å². The molecule has 1 aromatic rings. The van der Waals surface area contributed by atoms with Gasteiger partial charge in [-0.2, -0.15) is 24.3 Å². The zero-order valence-corrected chi connectivity index (χ0v) is 9.59. The first-order valence-electron chi connectivity index (χ1n) is 3.03. The van der Waals surface area contributed by atoms with Crippen molar-refractivity contribution in [1.29, 1.82) is 0 Å². The van der Waals surface area contributed by atoms with Crippen LogP contribution in [0.1, 0.15) is 6.92 Å². The van der Waals surface area contributed by atoms with Gasteiger partial charge in [0.15, 0.2) is 0 Å². The van der Waals surface area contributed by atoms with E-state index in [2.05, 4.69) is 11.4 Å². The van der Waals surface area contributed by atoms with E-state index in [9.17, 15) is 4.79 Å². The molecule has 0 saturated heterocycles. The monoisotopic (exact) mass is 270 g/mol. The van der Waals surface area contributed by atoms with Gasteiger partial charge in [-0.25, -0.2) is 0 Å². The first-order chi connectivity index (χ1) is 4.79. The molecule has 0 aliphatic heterocycles. The van der Waals surface area contributed by atoms with Crippen LogP contribution in [0.4, 0.5) is 5.69 Å². The van der Waals surface area contributed by atoms with Gasteiger partial charge in [-0.1, -0.05) is 5.69 Å². The number of benzene rings is 1. The number of hydrogen-bond acceptors (Lipinski definition) is 1. The molecule has 0 unspecified atom stereocenters. The Kier molecular flexibility index (Phi) is 13.2. The molecule has 0 aromatic heterocycles. The van der Waals surface area contributed by atoms with E-state index in [0.717, 1.165) is 5.69 Å². The predicted octanol–water partition coefficient (Wildman–Crippen LogP) is 2.34. The van der Waals surface area contributed by atoms with Crippen LogP contribution >= 0.6 is 0 Å². The molecule has 2 nitrogen and oxygen atoms in total. The molecule has 1 N–H and O–H groups in total. The Morgan fingerprint density at radius 1 is 1.38 bits per heavy atom. The number of anilines is 1. The van der Waals surface area contributed by atoms with Crippen LogP contribution in [0.15, 0.2) is 24.3 Å². The van der Waals surface area contributed by atoms with E-state index in [0.29, 0.717) is 0 Å². The third-order valence-corrected chi connectivity index (χ3v) is 1.02. The van der Waals surface area contributed by atoms with Gasteiger partial charge in [-0.05, 0) is 0 Å². The average molecular weight is 271 g/mol. The van der Waals surface area contributed by atoms with E-state index in [-0.39, 0.29) is 41.2 Å². The number of rotatable bonds is 1. The van der Waals surface area contributed by atoms with Crippen LogP contribution in [0.2, 0.25) is 0 Å². The van der Waals surface area contributed by atoms with Gasteiger partial charge in [0.2, 0.25) is 5.91 Å². The molecule has 78 valence electrons. The van der Waals surface area contributed by atoms with Crippen molar-refractivity contribution in [3.05, 3.63) is 45.2 Å². The third-order valence-electron chi connectivity index (χ3n) is 1.02. The fourth-order valence-electron chi connectivity index (χ4n) is 0.661. The van der Waals surface area contributed by atoms with Crippen molar-refractivity contribution in [2.24, 2.45) is 0 Å². The molecule has 0 atom stereocenters. The zero-order chi connectivity index (χ0) is 7.40. The first kappa shape index (κ1) is 18.2. The summed E-state index contributed by atoms with van der Waals surface area (Å²) in [5.74, 6) is -0.0672. The second-order valence-corrected chi connectivity index (χ2v) is 1.96. The fourth-order valence-corrected chi connectivity index (χ4v) is 0.661. The smallest absolute Gasteiger partial charge is 0.219 e. The third kappa shape index (κ3) is 7.70. The van der Waals surface area contributed by atoms with Crippen LogP contribution in [0.3, 0.4) is 0 Å². The Labute approximate surface area is 94.4 Å². The molecule has 0 heterocycles. The Morgan fingerprint density at radius 2 is 2.00 bits per heavy atom. The second-order valence-electron chi connectivity index (χ2n) is 1.96. The van der Waals surface area contributed by atoms with E-state index in [4.69, 9.17) is 0 Å². The summed E-state index contributed by atoms with van der Waals surface area (Å²) in [6, 6.07) is 10.1. The number of hydrogen-bond donors (Lipinski definition) is 1. The number of nitrogens with one attached hydrogen (secondary N) is 1. The summed E-state index contributed by atoms with van der Waals surface area (Å²) in [4.78, 5) is 10.5. The number of carbonyl (C=O) groups excluding carboxylic acids is 1. The molecule has 0 spiro atoms. The normalized spacial score (nSPS) is 6.85. The summed E-state index contributed by atoms with van der Waals surface area (Å²) in [6.45, 7) is 1.47. The minimum Gasteiger partial charge on any atom is -0.358 e. The minimum absolute atomic E-state index is 0. The maximum Gasteiger partial charge on any atom is 0.219 e. The van der Waals surface area contributed by atoms with Crippen LogP contribution in [0.25, 0.3) is 0 Å². The largest absolute Gasteiger partial charge is 0.358 e. The predicted molar refractivity (Wildman–Crippen MR) is 52.4 cm³/mol. The molecule has 1 amide bonds. The van der Waals surface area contributed by atoms with Crippen LogP contribution in [-0.4, -0.2) is 5.91 Å². The van der Waals surface area contributed by atoms with Crippen LogP contribution in [0, 0.1) is 20.9 Å². The SMILES string of the molecule is CC(=O)Nc1[c-]cccc1.[CH3-].[CH3-].[Pd]. The van der Waals surface area contributed by atoms with Crippen LogP contribution in [-0.2, 0) is 25.2 Å². The average Bonchev–Trinajstić information content (AvgIpc) is 1.88. The Bertz CT molecular complexity index is 224. The summed E-state index contributed by atoms with van der Waals surface area (Å²) in [6.07, 6.45) is 0. The Hall–Kier alpha value is -0.648. The van der Waals surface area contributed by atoms with Crippen molar-refractivity contribution in [1.82, 2.24) is 0 Å². The van der Waals surface area contributed by atoms with Crippen molar-refractivity contribution in [3.8, 4) is 0 Å². The van der Waals surface area contributed by atoms with Crippen LogP contribution < -0.4 is 5.32 Å². The summed E-state index contributed by atoms with van der Waals surface area (Å²) in [7, 11) is 0. The van der Waals surface area contributed by atoms with Crippen molar-refractivity contribution >= 4 is 11.6 Å². The van der Waals surface area contributed by atoms with Gasteiger partial charge < -0.3 is 20.2 Å². The maximum atomic E-state index is 10.5. The Morgan fingerprint density at radius 3 is 2.38 bits per heavy atom. The number of para-hydroxylation sites is 1. The second kappa shape index (κ2) is 9.44. The molecule has 0 aliphatic rings. The van der Waals surface area contributed by atoms with Crippen molar-refractivity contribution < 1.29 is 25.2 Å². The summed E-state index contributed by atoms with van der Waals surface area (Å²) in [5.41, 5.74) is 0.718. The van der Waals surface area contributed by atoms with E-state index in [1.165, 1.54) is 6.92 Å². The molecular formula is C10H14NOPd-3. The van der Waals surface area contributed by atoms with E-state index in [1.807, 2.05) is 12.1 Å².